The molecule has 1 heterocycles. The van der Waals surface area contributed by atoms with Gasteiger partial charge in [-0.3, -0.25) is 15.0 Å². The maximum Gasteiger partial charge on any atom is 0.269 e. The van der Waals surface area contributed by atoms with Crippen LogP contribution < -0.4 is 0 Å². The molecule has 1 aliphatic rings. The molecule has 1 fully saturated rings. The summed E-state index contributed by atoms with van der Waals surface area (Å²) in [6.07, 6.45) is 3.61. The molecule has 1 aromatic rings. The Morgan fingerprint density at radius 2 is 2.00 bits per heavy atom. The van der Waals surface area contributed by atoms with Crippen LogP contribution in [0.2, 0.25) is 5.02 Å². The second-order valence-corrected chi connectivity index (χ2v) is 5.74. The number of piperidine rings is 1. The Morgan fingerprint density at radius 1 is 1.37 bits per heavy atom. The first kappa shape index (κ1) is 14.3. The van der Waals surface area contributed by atoms with E-state index in [1.54, 1.807) is 12.1 Å². The first-order valence-corrected chi connectivity index (χ1v) is 7.05. The zero-order chi connectivity index (χ0) is 14.0. The molecule has 4 nitrogen and oxygen atoms in total. The Balaban J connectivity index is 2.21. The third kappa shape index (κ3) is 3.25. The van der Waals surface area contributed by atoms with Gasteiger partial charge < -0.3 is 0 Å². The molecular formula is C14H19ClN2O2. The summed E-state index contributed by atoms with van der Waals surface area (Å²) < 4.78 is 0. The molecule has 0 bridgehead atoms. The van der Waals surface area contributed by atoms with E-state index in [1.807, 2.05) is 0 Å². The third-order valence-electron chi connectivity index (χ3n) is 3.97. The largest absolute Gasteiger partial charge is 0.294 e. The maximum absolute atomic E-state index is 10.8. The van der Waals surface area contributed by atoms with Crippen LogP contribution in [0.3, 0.4) is 0 Å². The lowest BCUT2D eigenvalue weighted by Gasteiger charge is -2.39. The third-order valence-corrected chi connectivity index (χ3v) is 4.34. The van der Waals surface area contributed by atoms with Crippen LogP contribution in [0.4, 0.5) is 5.69 Å². The van der Waals surface area contributed by atoms with Crippen LogP contribution in [-0.2, 0) is 6.54 Å². The van der Waals surface area contributed by atoms with E-state index in [9.17, 15) is 10.1 Å². The number of benzene rings is 1. The van der Waals surface area contributed by atoms with E-state index in [2.05, 4.69) is 18.7 Å². The van der Waals surface area contributed by atoms with Crippen molar-refractivity contribution < 1.29 is 4.92 Å². The molecule has 2 unspecified atom stereocenters. The standard InChI is InChI=1S/C14H19ClN2O2/c1-10-4-3-5-11(2)16(10)9-12-8-13(17(18)19)6-7-14(12)15/h6-8,10-11H,3-5,9H2,1-2H3. The molecule has 1 aromatic carbocycles. The van der Waals surface area contributed by atoms with Crippen molar-refractivity contribution >= 4 is 17.3 Å². The molecule has 104 valence electrons. The summed E-state index contributed by atoms with van der Waals surface area (Å²) in [6.45, 7) is 5.10. The van der Waals surface area contributed by atoms with Crippen LogP contribution in [0, 0.1) is 10.1 Å². The normalized spacial score (nSPS) is 24.4. The van der Waals surface area contributed by atoms with Gasteiger partial charge in [-0.25, -0.2) is 0 Å². The zero-order valence-corrected chi connectivity index (χ0v) is 12.1. The van der Waals surface area contributed by atoms with E-state index in [4.69, 9.17) is 11.6 Å². The SMILES string of the molecule is CC1CCCC(C)N1Cc1cc([N+](=O)[O-])ccc1Cl. The number of nitro groups is 1. The highest BCUT2D eigenvalue weighted by Gasteiger charge is 2.25. The van der Waals surface area contributed by atoms with E-state index in [1.165, 1.54) is 25.3 Å². The van der Waals surface area contributed by atoms with Crippen molar-refractivity contribution in [2.45, 2.75) is 51.7 Å². The fourth-order valence-corrected chi connectivity index (χ4v) is 2.96. The summed E-state index contributed by atoms with van der Waals surface area (Å²) in [5, 5.41) is 11.4. The quantitative estimate of drug-likeness (QED) is 0.621. The summed E-state index contributed by atoms with van der Waals surface area (Å²) in [5.41, 5.74) is 0.952. The Morgan fingerprint density at radius 3 is 2.58 bits per heavy atom. The van der Waals surface area contributed by atoms with E-state index >= 15 is 0 Å². The van der Waals surface area contributed by atoms with Gasteiger partial charge in [0.2, 0.25) is 0 Å². The lowest BCUT2D eigenvalue weighted by atomic mass is 9.96. The predicted octanol–water partition coefficient (Wildman–Crippen LogP) is 4.01. The van der Waals surface area contributed by atoms with E-state index < -0.39 is 0 Å². The molecule has 1 aliphatic heterocycles. The molecule has 0 spiro atoms. The molecule has 0 aromatic heterocycles. The molecule has 0 radical (unpaired) electrons. The topological polar surface area (TPSA) is 46.4 Å². The van der Waals surface area contributed by atoms with Crippen molar-refractivity contribution in [2.75, 3.05) is 0 Å². The van der Waals surface area contributed by atoms with Crippen LogP contribution in [0.25, 0.3) is 0 Å². The first-order valence-electron chi connectivity index (χ1n) is 6.67. The summed E-state index contributed by atoms with van der Waals surface area (Å²) in [7, 11) is 0. The molecule has 0 amide bonds. The van der Waals surface area contributed by atoms with Gasteiger partial charge >= 0.3 is 0 Å². The molecule has 1 saturated heterocycles. The van der Waals surface area contributed by atoms with Crippen LogP contribution in [0.15, 0.2) is 18.2 Å². The number of likely N-dealkylation sites (tertiary alicyclic amines) is 1. The number of rotatable bonds is 3. The van der Waals surface area contributed by atoms with Crippen LogP contribution in [0.1, 0.15) is 38.7 Å². The Hall–Kier alpha value is -1.13. The van der Waals surface area contributed by atoms with Gasteiger partial charge in [0.25, 0.3) is 5.69 Å². The first-order chi connectivity index (χ1) is 8.99. The van der Waals surface area contributed by atoms with Crippen molar-refractivity contribution in [3.63, 3.8) is 0 Å². The van der Waals surface area contributed by atoms with Crippen molar-refractivity contribution in [1.82, 2.24) is 4.90 Å². The molecule has 0 saturated carbocycles. The second kappa shape index (κ2) is 5.88. The second-order valence-electron chi connectivity index (χ2n) is 5.33. The molecule has 19 heavy (non-hydrogen) atoms. The van der Waals surface area contributed by atoms with Crippen molar-refractivity contribution in [1.29, 1.82) is 0 Å². The Labute approximate surface area is 118 Å². The Bertz CT molecular complexity index is 469. The van der Waals surface area contributed by atoms with Crippen molar-refractivity contribution in [2.24, 2.45) is 0 Å². The lowest BCUT2D eigenvalue weighted by Crippen LogP contribution is -2.43. The number of nitrogens with zero attached hydrogens (tertiary/aromatic N) is 2. The summed E-state index contributed by atoms with van der Waals surface area (Å²) in [4.78, 5) is 12.8. The number of nitro benzene ring substituents is 1. The maximum atomic E-state index is 10.8. The predicted molar refractivity (Wildman–Crippen MR) is 76.4 cm³/mol. The molecule has 2 rings (SSSR count). The summed E-state index contributed by atoms with van der Waals surface area (Å²) >= 11 is 6.17. The number of hydrogen-bond acceptors (Lipinski definition) is 3. The summed E-state index contributed by atoms with van der Waals surface area (Å²) in [5.74, 6) is 0. The van der Waals surface area contributed by atoms with Gasteiger partial charge in [0, 0.05) is 35.8 Å². The highest BCUT2D eigenvalue weighted by molar-refractivity contribution is 6.31. The molecule has 5 heteroatoms. The molecule has 2 atom stereocenters. The van der Waals surface area contributed by atoms with Gasteiger partial charge in [-0.05, 0) is 38.3 Å². The van der Waals surface area contributed by atoms with Crippen molar-refractivity contribution in [3.05, 3.63) is 38.9 Å². The van der Waals surface area contributed by atoms with Crippen LogP contribution in [0.5, 0.6) is 0 Å². The minimum Gasteiger partial charge on any atom is -0.294 e. The summed E-state index contributed by atoms with van der Waals surface area (Å²) in [6, 6.07) is 5.66. The highest BCUT2D eigenvalue weighted by atomic mass is 35.5. The Kier molecular flexibility index (Phi) is 4.42. The van der Waals surface area contributed by atoms with Gasteiger partial charge in [-0.15, -0.1) is 0 Å². The average Bonchev–Trinajstić information content (AvgIpc) is 2.35. The van der Waals surface area contributed by atoms with Gasteiger partial charge in [0.15, 0.2) is 0 Å². The minimum atomic E-state index is -0.372. The van der Waals surface area contributed by atoms with E-state index in [0.717, 1.165) is 5.56 Å². The van der Waals surface area contributed by atoms with Crippen LogP contribution in [-0.4, -0.2) is 21.9 Å². The molecule has 0 N–H and O–H groups in total. The smallest absolute Gasteiger partial charge is 0.269 e. The highest BCUT2D eigenvalue weighted by Crippen LogP contribution is 2.28. The molecular weight excluding hydrogens is 264 g/mol. The fraction of sp³-hybridized carbons (Fsp3) is 0.571. The number of hydrogen-bond donors (Lipinski definition) is 0. The zero-order valence-electron chi connectivity index (χ0n) is 11.3. The van der Waals surface area contributed by atoms with Gasteiger partial charge in [0.1, 0.15) is 0 Å². The lowest BCUT2D eigenvalue weighted by molar-refractivity contribution is -0.384. The van der Waals surface area contributed by atoms with Gasteiger partial charge in [-0.2, -0.15) is 0 Å². The monoisotopic (exact) mass is 282 g/mol. The number of non-ortho nitro benzene ring substituents is 1. The molecule has 0 aliphatic carbocycles. The van der Waals surface area contributed by atoms with Crippen LogP contribution >= 0.6 is 11.6 Å². The minimum absolute atomic E-state index is 0.108. The van der Waals surface area contributed by atoms with Crippen molar-refractivity contribution in [3.8, 4) is 0 Å². The average molecular weight is 283 g/mol. The van der Waals surface area contributed by atoms with Gasteiger partial charge in [0.05, 0.1) is 4.92 Å². The number of halogens is 1. The fourth-order valence-electron chi connectivity index (χ4n) is 2.78. The van der Waals surface area contributed by atoms with E-state index in [-0.39, 0.29) is 10.6 Å². The van der Waals surface area contributed by atoms with E-state index in [0.29, 0.717) is 23.7 Å². The van der Waals surface area contributed by atoms with Gasteiger partial charge in [-0.1, -0.05) is 18.0 Å².